The van der Waals surface area contributed by atoms with Crippen LogP contribution in [0.4, 0.5) is 21.9 Å². The van der Waals surface area contributed by atoms with E-state index in [0.29, 0.717) is 77.5 Å². The highest BCUT2D eigenvalue weighted by Crippen LogP contribution is 2.43. The molecular weight excluding hydrogens is 1180 g/mol. The van der Waals surface area contributed by atoms with Crippen LogP contribution in [0.2, 0.25) is 0 Å². The molecule has 23 nitrogen and oxygen atoms in total. The molecule has 0 radical (unpaired) electrons. The van der Waals surface area contributed by atoms with Gasteiger partial charge in [0.1, 0.15) is 31.9 Å². The van der Waals surface area contributed by atoms with E-state index in [4.69, 9.17) is 28.7 Å². The predicted octanol–water partition coefficient (Wildman–Crippen LogP) is 7.65. The minimum atomic E-state index is -1.59. The topological polar surface area (TPSA) is 277 Å². The molecule has 5 aromatic carbocycles. The molecule has 0 saturated heterocycles. The molecule has 92 heavy (non-hydrogen) atoms. The average Bonchev–Trinajstić information content (AvgIpc) is 1.58. The Hall–Kier alpha value is -10.4. The third-order valence-corrected chi connectivity index (χ3v) is 17.0. The zero-order chi connectivity index (χ0) is 64.7. The minimum absolute atomic E-state index is 0.0111. The molecule has 0 spiro atoms. The van der Waals surface area contributed by atoms with Gasteiger partial charge < -0.3 is 54.5 Å². The summed E-state index contributed by atoms with van der Waals surface area (Å²) in [4.78, 5) is 121. The normalized spacial score (nSPS) is 17.6. The highest BCUT2D eigenvalue weighted by atomic mass is 16.6. The number of unbranched alkanes of at least 4 members (excludes halogenated alkanes) is 2. The van der Waals surface area contributed by atoms with E-state index in [0.717, 1.165) is 26.5 Å². The SMILES string of the molecule is COc1cc2c(cc1OCc1ccnc(COc3cc4c(cc3OC)C(=O)N3Cc5ccccc5C[C@H]3C=N4)c1)N(C(=O)OCc1ccc(NC(=O)[C@H](C)NC(=O)[C@@H](NC(=O)CCCCCN3C(=O)C=CC3=O)C(C)C)cc1)C(O)[C@@H]1Cc3ccccc3CN1C2=O. The van der Waals surface area contributed by atoms with Crippen LogP contribution in [-0.4, -0.2) is 130 Å². The van der Waals surface area contributed by atoms with E-state index in [1.54, 1.807) is 73.5 Å². The lowest BCUT2D eigenvalue weighted by Crippen LogP contribution is -2.55. The number of benzene rings is 5. The number of nitrogens with zero attached hydrogens (tertiary/aromatic N) is 6. The van der Waals surface area contributed by atoms with E-state index in [1.165, 1.54) is 51.0 Å². The number of aromatic nitrogens is 1. The molecule has 11 rings (SSSR count). The molecule has 0 fully saturated rings. The number of imide groups is 1. The number of aliphatic imine (C=N–C) groups is 1. The quantitative estimate of drug-likeness (QED) is 0.0375. The molecule has 0 bridgehead atoms. The van der Waals surface area contributed by atoms with Gasteiger partial charge in [-0.1, -0.05) is 80.9 Å². The summed E-state index contributed by atoms with van der Waals surface area (Å²) in [6.45, 7) is 5.65. The van der Waals surface area contributed by atoms with Gasteiger partial charge in [-0.05, 0) is 108 Å². The first-order valence-electron chi connectivity index (χ1n) is 30.6. The van der Waals surface area contributed by atoms with Crippen LogP contribution in [-0.2, 0) is 74.5 Å². The van der Waals surface area contributed by atoms with Crippen LogP contribution in [0.25, 0.3) is 0 Å². The second-order valence-electron chi connectivity index (χ2n) is 23.5. The lowest BCUT2D eigenvalue weighted by Gasteiger charge is -2.39. The number of carbonyl (C=O) groups excluding carboxylic acids is 8. The Morgan fingerprint density at radius 3 is 1.99 bits per heavy atom. The van der Waals surface area contributed by atoms with E-state index < -0.39 is 48.2 Å². The van der Waals surface area contributed by atoms with Crippen molar-refractivity contribution in [1.29, 1.82) is 0 Å². The van der Waals surface area contributed by atoms with Crippen LogP contribution in [0.3, 0.4) is 0 Å². The van der Waals surface area contributed by atoms with Gasteiger partial charge in [0, 0.05) is 68.4 Å². The van der Waals surface area contributed by atoms with Crippen LogP contribution >= 0.6 is 0 Å². The Morgan fingerprint density at radius 2 is 1.29 bits per heavy atom. The number of methoxy groups -OCH3 is 2. The number of aliphatic hydroxyl groups excluding tert-OH is 1. The van der Waals surface area contributed by atoms with Gasteiger partial charge in [-0.2, -0.15) is 0 Å². The summed E-state index contributed by atoms with van der Waals surface area (Å²) in [5, 5.41) is 20.6. The Balaban J connectivity index is 0.733. The maximum absolute atomic E-state index is 14.8. The van der Waals surface area contributed by atoms with Crippen molar-refractivity contribution < 1.29 is 67.1 Å². The Morgan fingerprint density at radius 1 is 0.652 bits per heavy atom. The van der Waals surface area contributed by atoms with Crippen molar-refractivity contribution in [3.63, 3.8) is 0 Å². The molecule has 476 valence electrons. The molecule has 0 saturated carbocycles. The van der Waals surface area contributed by atoms with E-state index in [1.807, 2.05) is 53.6 Å². The van der Waals surface area contributed by atoms with Crippen LogP contribution in [0.1, 0.15) is 106 Å². The second kappa shape index (κ2) is 27.8. The lowest BCUT2D eigenvalue weighted by molar-refractivity contribution is -0.137. The van der Waals surface area contributed by atoms with E-state index >= 15 is 0 Å². The van der Waals surface area contributed by atoms with Crippen molar-refractivity contribution in [3.05, 3.63) is 178 Å². The average molecular weight is 1250 g/mol. The van der Waals surface area contributed by atoms with Crippen molar-refractivity contribution >= 4 is 70.7 Å². The van der Waals surface area contributed by atoms with Crippen LogP contribution in [0, 0.1) is 5.92 Å². The van der Waals surface area contributed by atoms with Crippen LogP contribution in [0.15, 0.2) is 133 Å². The molecule has 8 amide bonds. The van der Waals surface area contributed by atoms with Gasteiger partial charge in [0.15, 0.2) is 29.2 Å². The number of hydrogen-bond acceptors (Lipinski definition) is 16. The molecule has 5 aliphatic rings. The smallest absolute Gasteiger partial charge is 0.416 e. The first kappa shape index (κ1) is 63.2. The summed E-state index contributed by atoms with van der Waals surface area (Å²) in [6.07, 6.45) is 5.94. The number of hydrogen-bond donors (Lipinski definition) is 4. The largest absolute Gasteiger partial charge is 0.493 e. The van der Waals surface area contributed by atoms with Gasteiger partial charge in [0.05, 0.1) is 54.5 Å². The monoisotopic (exact) mass is 1250 g/mol. The summed E-state index contributed by atoms with van der Waals surface area (Å²) in [5.74, 6) is -1.99. The number of pyridine rings is 1. The van der Waals surface area contributed by atoms with Gasteiger partial charge in [-0.25, -0.2) is 9.69 Å². The first-order valence-corrected chi connectivity index (χ1v) is 30.6. The van der Waals surface area contributed by atoms with E-state index in [2.05, 4.69) is 27.0 Å². The third-order valence-electron chi connectivity index (χ3n) is 17.0. The molecule has 1 aromatic heterocycles. The summed E-state index contributed by atoms with van der Waals surface area (Å²) in [7, 11) is 2.94. The Bertz CT molecular complexity index is 3910. The van der Waals surface area contributed by atoms with Crippen LogP contribution < -0.4 is 39.8 Å². The molecular formula is C69H71N9O14. The molecule has 1 unspecified atom stereocenters. The number of rotatable bonds is 22. The fourth-order valence-electron chi connectivity index (χ4n) is 11.9. The summed E-state index contributed by atoms with van der Waals surface area (Å²) in [5.41, 5.74) is 7.15. The number of nitrogens with one attached hydrogen (secondary N) is 3. The van der Waals surface area contributed by atoms with E-state index in [9.17, 15) is 43.5 Å². The molecule has 4 N–H and O–H groups in total. The van der Waals surface area contributed by atoms with Crippen molar-refractivity contribution in [3.8, 4) is 23.0 Å². The van der Waals surface area contributed by atoms with Gasteiger partial charge >= 0.3 is 6.09 Å². The summed E-state index contributed by atoms with van der Waals surface area (Å²) in [6, 6.07) is 29.0. The zero-order valence-corrected chi connectivity index (χ0v) is 51.6. The maximum atomic E-state index is 14.8. The molecule has 5 atom stereocenters. The highest BCUT2D eigenvalue weighted by Gasteiger charge is 2.46. The van der Waals surface area contributed by atoms with Crippen molar-refractivity contribution in [2.45, 2.75) is 123 Å². The predicted molar refractivity (Wildman–Crippen MR) is 337 cm³/mol. The molecule has 5 aliphatic heterocycles. The maximum Gasteiger partial charge on any atom is 0.416 e. The number of fused-ring (bicyclic) bond motifs is 6. The molecule has 23 heteroatoms. The zero-order valence-electron chi connectivity index (χ0n) is 51.6. The van der Waals surface area contributed by atoms with Crippen molar-refractivity contribution in [1.82, 2.24) is 30.3 Å². The number of ether oxygens (including phenoxy) is 5. The van der Waals surface area contributed by atoms with Crippen molar-refractivity contribution in [2.24, 2.45) is 10.9 Å². The van der Waals surface area contributed by atoms with Gasteiger partial charge in [-0.3, -0.25) is 48.4 Å². The number of aliphatic hydroxyl groups is 1. The third kappa shape index (κ3) is 13.8. The second-order valence-corrected chi connectivity index (χ2v) is 23.5. The van der Waals surface area contributed by atoms with E-state index in [-0.39, 0.29) is 104 Å². The number of carbonyl (C=O) groups is 8. The number of amides is 8. The fourth-order valence-corrected chi connectivity index (χ4v) is 11.9. The molecule has 6 aromatic rings. The van der Waals surface area contributed by atoms with Gasteiger partial charge in [0.2, 0.25) is 17.7 Å². The summed E-state index contributed by atoms with van der Waals surface area (Å²) < 4.78 is 30.2. The fraction of sp³-hybridized carbons (Fsp3) is 0.333. The number of anilines is 2. The van der Waals surface area contributed by atoms with Crippen LogP contribution in [0.5, 0.6) is 23.0 Å². The van der Waals surface area contributed by atoms with Gasteiger partial charge in [-0.15, -0.1) is 0 Å². The minimum Gasteiger partial charge on any atom is -0.493 e. The highest BCUT2D eigenvalue weighted by molar-refractivity contribution is 6.13. The Labute approximate surface area is 531 Å². The first-order chi connectivity index (χ1) is 44.4. The lowest BCUT2D eigenvalue weighted by atomic mass is 9.93. The van der Waals surface area contributed by atoms with Crippen molar-refractivity contribution in [2.75, 3.05) is 31.0 Å². The molecule has 6 heterocycles. The van der Waals surface area contributed by atoms with Gasteiger partial charge in [0.25, 0.3) is 23.6 Å². The standard InChI is InChI=1S/C69H71N9O14/c1-40(2)63(74-60(79)17-7-6-12-26-75-61(80)22-23-62(75)81)65(83)72-41(3)64(82)73-48-20-18-42(19-21-48)37-92-69(87)78-54-33-59(57(89-5)31-52(54)67(85)77-36-47-16-11-9-14-45(47)29-55(77)68(78)86)90-38-43-24-25-70-49(27-43)39-91-58-32-53-51(30-56(58)88-4)66(84)76-35-46-15-10-8-13-44(46)28-50(76)34-71-53/h8-11,13-16,18-25,27,30-34,40-41,50,55,63,68,86H,6-7,12,17,26,28-29,35-39H2,1-5H3,(H,72,83)(H,73,82)(H,74,79)/t41-,50-,55-,63-,68?/m0/s1. The Kier molecular flexibility index (Phi) is 19.1. The summed E-state index contributed by atoms with van der Waals surface area (Å²) >= 11 is 0. The molecule has 0 aliphatic carbocycles.